The largest absolute Gasteiger partial charge is 0.304 e. The Morgan fingerprint density at radius 1 is 1.25 bits per heavy atom. The molecule has 1 heterocycles. The Hall–Kier alpha value is -0.930. The fourth-order valence-electron chi connectivity index (χ4n) is 1.25. The highest BCUT2D eigenvalue weighted by atomic mass is 19.1. The van der Waals surface area contributed by atoms with Crippen molar-refractivity contribution in [2.75, 3.05) is 0 Å². The third-order valence-corrected chi connectivity index (χ3v) is 1.71. The lowest BCUT2D eigenvalue weighted by molar-refractivity contribution is 0.460. The van der Waals surface area contributed by atoms with Gasteiger partial charge < -0.3 is 4.57 Å². The Morgan fingerprint density at radius 3 is 1.92 bits per heavy atom. The fraction of sp³-hybridized carbons (Fsp3) is 0.625. The van der Waals surface area contributed by atoms with Crippen molar-refractivity contribution >= 4 is 0 Å². The van der Waals surface area contributed by atoms with Crippen LogP contribution in [-0.4, -0.2) is 9.55 Å². The van der Waals surface area contributed by atoms with Crippen molar-refractivity contribution in [3.8, 4) is 0 Å². The molecule has 0 saturated heterocycles. The van der Waals surface area contributed by atoms with Crippen molar-refractivity contribution in [2.45, 2.75) is 26.2 Å². The monoisotopic (exact) mass is 174 g/mol. The summed E-state index contributed by atoms with van der Waals surface area (Å²) in [5.41, 5.74) is -0.129. The van der Waals surface area contributed by atoms with Crippen LogP contribution in [-0.2, 0) is 12.5 Å². The van der Waals surface area contributed by atoms with Gasteiger partial charge in [0.25, 0.3) is 6.08 Å². The molecule has 2 nitrogen and oxygen atoms in total. The Morgan fingerprint density at radius 2 is 1.75 bits per heavy atom. The fourth-order valence-corrected chi connectivity index (χ4v) is 1.25. The van der Waals surface area contributed by atoms with Gasteiger partial charge in [0.2, 0.25) is 5.95 Å². The van der Waals surface area contributed by atoms with Crippen LogP contribution in [0.15, 0.2) is 0 Å². The molecule has 1 rings (SSSR count). The molecule has 0 aromatic carbocycles. The van der Waals surface area contributed by atoms with Crippen LogP contribution >= 0.6 is 0 Å². The van der Waals surface area contributed by atoms with Gasteiger partial charge in [-0.05, 0) is 0 Å². The molecule has 1 aromatic rings. The third kappa shape index (κ3) is 1.33. The number of nitrogens with zero attached hydrogens (tertiary/aromatic N) is 2. The zero-order valence-electron chi connectivity index (χ0n) is 7.65. The van der Waals surface area contributed by atoms with Gasteiger partial charge >= 0.3 is 0 Å². The number of aromatic nitrogens is 2. The second-order valence-electron chi connectivity index (χ2n) is 3.83. The molecule has 0 aliphatic rings. The predicted molar refractivity (Wildman–Crippen MR) is 41.8 cm³/mol. The van der Waals surface area contributed by atoms with Gasteiger partial charge in [-0.1, -0.05) is 20.8 Å². The van der Waals surface area contributed by atoms with E-state index in [1.807, 2.05) is 20.8 Å². The summed E-state index contributed by atoms with van der Waals surface area (Å²) in [6.45, 7) is 5.44. The first-order valence-electron chi connectivity index (χ1n) is 3.72. The summed E-state index contributed by atoms with van der Waals surface area (Å²) in [5.74, 6) is -0.720. The molecule has 68 valence electrons. The van der Waals surface area contributed by atoms with E-state index >= 15 is 0 Å². The van der Waals surface area contributed by atoms with Gasteiger partial charge in [-0.2, -0.15) is 13.8 Å². The maximum atomic E-state index is 13.0. The van der Waals surface area contributed by atoms with E-state index in [2.05, 4.69) is 4.98 Å². The minimum atomic E-state index is -0.780. The molecule has 0 radical (unpaired) electrons. The van der Waals surface area contributed by atoms with Crippen LogP contribution in [0.2, 0.25) is 0 Å². The lowest BCUT2D eigenvalue weighted by Gasteiger charge is -2.18. The standard InChI is InChI=1S/C8H12F2N2/c1-8(2,3)5-6(9)11-7(10)12(5)4/h1-4H3. The average molecular weight is 174 g/mol. The van der Waals surface area contributed by atoms with E-state index in [9.17, 15) is 8.78 Å². The number of rotatable bonds is 0. The molecule has 0 bridgehead atoms. The van der Waals surface area contributed by atoms with E-state index in [0.29, 0.717) is 5.69 Å². The minimum Gasteiger partial charge on any atom is -0.304 e. The second-order valence-corrected chi connectivity index (χ2v) is 3.83. The first-order valence-corrected chi connectivity index (χ1v) is 3.72. The Labute approximate surface area is 70.2 Å². The van der Waals surface area contributed by atoms with E-state index < -0.39 is 17.4 Å². The quantitative estimate of drug-likeness (QED) is 0.588. The average Bonchev–Trinajstić information content (AvgIpc) is 2.05. The lowest BCUT2D eigenvalue weighted by atomic mass is 9.92. The molecule has 0 N–H and O–H groups in total. The summed E-state index contributed by atoms with van der Waals surface area (Å²) >= 11 is 0. The van der Waals surface area contributed by atoms with E-state index in [4.69, 9.17) is 0 Å². The molecular weight excluding hydrogens is 162 g/mol. The van der Waals surface area contributed by atoms with Gasteiger partial charge in [-0.15, -0.1) is 0 Å². The summed E-state index contributed by atoms with van der Waals surface area (Å²) in [4.78, 5) is 3.11. The Balaban J connectivity index is 3.32. The number of imidazole rings is 1. The molecule has 0 fully saturated rings. The Bertz CT molecular complexity index is 297. The van der Waals surface area contributed by atoms with E-state index in [1.54, 1.807) is 0 Å². The van der Waals surface area contributed by atoms with Crippen LogP contribution in [0, 0.1) is 12.0 Å². The number of hydrogen-bond donors (Lipinski definition) is 0. The van der Waals surface area contributed by atoms with Gasteiger partial charge in [0.05, 0.1) is 5.69 Å². The summed E-state index contributed by atoms with van der Waals surface area (Å²) in [6.07, 6.45) is -0.780. The van der Waals surface area contributed by atoms with E-state index in [-0.39, 0.29) is 0 Å². The molecule has 0 aliphatic heterocycles. The smallest absolute Gasteiger partial charge is 0.291 e. The van der Waals surface area contributed by atoms with Crippen molar-refractivity contribution < 1.29 is 8.78 Å². The molecular formula is C8H12F2N2. The van der Waals surface area contributed by atoms with Crippen molar-refractivity contribution in [3.63, 3.8) is 0 Å². The van der Waals surface area contributed by atoms with Gasteiger partial charge in [0.1, 0.15) is 0 Å². The topological polar surface area (TPSA) is 17.8 Å². The van der Waals surface area contributed by atoms with Crippen molar-refractivity contribution in [2.24, 2.45) is 7.05 Å². The van der Waals surface area contributed by atoms with Crippen molar-refractivity contribution in [1.29, 1.82) is 0 Å². The van der Waals surface area contributed by atoms with E-state index in [1.165, 1.54) is 7.05 Å². The molecule has 0 spiro atoms. The predicted octanol–water partition coefficient (Wildman–Crippen LogP) is 2.00. The second kappa shape index (κ2) is 2.54. The van der Waals surface area contributed by atoms with E-state index in [0.717, 1.165) is 4.57 Å². The normalized spacial score (nSPS) is 12.2. The SMILES string of the molecule is Cn1c(F)nc(F)c1C(C)(C)C. The number of halogens is 2. The van der Waals surface area contributed by atoms with Gasteiger partial charge in [-0.25, -0.2) is 0 Å². The summed E-state index contributed by atoms with van der Waals surface area (Å²) in [7, 11) is 1.46. The molecule has 0 amide bonds. The first-order chi connectivity index (χ1) is 5.34. The van der Waals surface area contributed by atoms with Gasteiger partial charge in [0, 0.05) is 12.5 Å². The third-order valence-electron chi connectivity index (χ3n) is 1.71. The first kappa shape index (κ1) is 9.16. The maximum absolute atomic E-state index is 13.0. The number of hydrogen-bond acceptors (Lipinski definition) is 1. The highest BCUT2D eigenvalue weighted by Gasteiger charge is 2.25. The highest BCUT2D eigenvalue weighted by Crippen LogP contribution is 2.24. The molecule has 0 aliphatic carbocycles. The summed E-state index contributed by atoms with van der Waals surface area (Å²) < 4.78 is 26.9. The lowest BCUT2D eigenvalue weighted by Crippen LogP contribution is -2.18. The van der Waals surface area contributed by atoms with Gasteiger partial charge in [0.15, 0.2) is 0 Å². The van der Waals surface area contributed by atoms with Crippen molar-refractivity contribution in [3.05, 3.63) is 17.7 Å². The molecule has 0 atom stereocenters. The zero-order chi connectivity index (χ0) is 9.52. The molecule has 12 heavy (non-hydrogen) atoms. The summed E-state index contributed by atoms with van der Waals surface area (Å²) in [6, 6.07) is 0. The minimum absolute atomic E-state index is 0.292. The molecule has 0 saturated carbocycles. The van der Waals surface area contributed by atoms with Crippen LogP contribution in [0.3, 0.4) is 0 Å². The highest BCUT2D eigenvalue weighted by molar-refractivity contribution is 5.12. The van der Waals surface area contributed by atoms with Crippen LogP contribution in [0.5, 0.6) is 0 Å². The van der Waals surface area contributed by atoms with Crippen LogP contribution in [0.1, 0.15) is 26.5 Å². The molecule has 1 aromatic heterocycles. The maximum Gasteiger partial charge on any atom is 0.291 e. The summed E-state index contributed by atoms with van der Waals surface area (Å²) in [5, 5.41) is 0. The van der Waals surface area contributed by atoms with Crippen molar-refractivity contribution in [1.82, 2.24) is 9.55 Å². The zero-order valence-corrected chi connectivity index (χ0v) is 7.65. The molecule has 0 unspecified atom stereocenters. The molecule has 4 heteroatoms. The van der Waals surface area contributed by atoms with Crippen LogP contribution < -0.4 is 0 Å². The van der Waals surface area contributed by atoms with Crippen LogP contribution in [0.4, 0.5) is 8.78 Å². The van der Waals surface area contributed by atoms with Gasteiger partial charge in [-0.3, -0.25) is 0 Å². The van der Waals surface area contributed by atoms with Crippen LogP contribution in [0.25, 0.3) is 0 Å². The Kier molecular flexibility index (Phi) is 1.94.